The maximum atomic E-state index is 2.28. The highest BCUT2D eigenvalue weighted by molar-refractivity contribution is 8.19. The van der Waals surface area contributed by atoms with Crippen molar-refractivity contribution in [3.05, 3.63) is 0 Å². The van der Waals surface area contributed by atoms with E-state index in [4.69, 9.17) is 0 Å². The van der Waals surface area contributed by atoms with E-state index in [0.29, 0.717) is 0 Å². The maximum Gasteiger partial charge on any atom is 0.0395 e. The summed E-state index contributed by atoms with van der Waals surface area (Å²) in [6, 6.07) is 0. The van der Waals surface area contributed by atoms with E-state index in [9.17, 15) is 0 Å². The summed E-state index contributed by atoms with van der Waals surface area (Å²) in [4.78, 5) is 0. The highest BCUT2D eigenvalue weighted by atomic mass is 32.2. The van der Waals surface area contributed by atoms with Gasteiger partial charge in [0, 0.05) is 16.1 Å². The summed E-state index contributed by atoms with van der Waals surface area (Å²) in [5.41, 5.74) is 0. The molecule has 1 fully saturated rings. The average molecular weight is 150 g/mol. The third-order valence-electron chi connectivity index (χ3n) is 0.788. The van der Waals surface area contributed by atoms with Crippen molar-refractivity contribution in [2.75, 3.05) is 10.8 Å². The van der Waals surface area contributed by atoms with Crippen LogP contribution in [0.15, 0.2) is 0 Å². The van der Waals surface area contributed by atoms with Gasteiger partial charge >= 0.3 is 0 Å². The molecule has 8 heavy (non-hydrogen) atoms. The van der Waals surface area contributed by atoms with Crippen LogP contribution >= 0.6 is 23.5 Å². The van der Waals surface area contributed by atoms with Gasteiger partial charge in [-0.25, -0.2) is 0 Å². The molecule has 0 radical (unpaired) electrons. The zero-order valence-electron chi connectivity index (χ0n) is 5.81. The van der Waals surface area contributed by atoms with Crippen LogP contribution in [-0.2, 0) is 0 Å². The first-order valence-electron chi connectivity index (χ1n) is 3.09. The first kappa shape index (κ1) is 8.70. The first-order valence-corrected chi connectivity index (χ1v) is 5.29. The predicted molar refractivity (Wildman–Crippen MR) is 45.7 cm³/mol. The standard InChI is InChI=1S/C4H8S2.C2H6/c1-4-2-5-3-6-4;1-2/h4H,2-3H2,1H3;1-2H3. The number of hydrogen-bond donors (Lipinski definition) is 0. The molecule has 0 nitrogen and oxygen atoms in total. The maximum absolute atomic E-state index is 2.28. The van der Waals surface area contributed by atoms with Crippen LogP contribution in [0.5, 0.6) is 0 Å². The van der Waals surface area contributed by atoms with Crippen molar-refractivity contribution in [1.29, 1.82) is 0 Å². The Morgan fingerprint density at radius 2 is 2.00 bits per heavy atom. The summed E-state index contributed by atoms with van der Waals surface area (Å²) in [5.74, 6) is 1.37. The minimum Gasteiger partial charge on any atom is -0.150 e. The van der Waals surface area contributed by atoms with Gasteiger partial charge in [-0.3, -0.25) is 0 Å². The summed E-state index contributed by atoms with van der Waals surface area (Å²) < 4.78 is 0. The molecule has 1 saturated heterocycles. The summed E-state index contributed by atoms with van der Waals surface area (Å²) in [6.45, 7) is 6.28. The lowest BCUT2D eigenvalue weighted by Gasteiger charge is -1.89. The molecule has 1 atom stereocenters. The molecule has 0 aliphatic carbocycles. The van der Waals surface area contributed by atoms with Gasteiger partial charge in [-0.2, -0.15) is 0 Å². The molecule has 1 heterocycles. The largest absolute Gasteiger partial charge is 0.150 e. The molecule has 0 bridgehead atoms. The minimum absolute atomic E-state index is 0.926. The van der Waals surface area contributed by atoms with Crippen LogP contribution in [0.3, 0.4) is 0 Å². The summed E-state index contributed by atoms with van der Waals surface area (Å²) in [5, 5.41) is 2.25. The van der Waals surface area contributed by atoms with Gasteiger partial charge in [0.2, 0.25) is 0 Å². The van der Waals surface area contributed by atoms with E-state index in [0.717, 1.165) is 5.25 Å². The Balaban J connectivity index is 0.000000222. The van der Waals surface area contributed by atoms with Crippen LogP contribution in [-0.4, -0.2) is 16.1 Å². The van der Waals surface area contributed by atoms with Crippen molar-refractivity contribution in [2.45, 2.75) is 26.0 Å². The number of hydrogen-bond acceptors (Lipinski definition) is 2. The number of rotatable bonds is 0. The normalized spacial score (nSPS) is 26.6. The smallest absolute Gasteiger partial charge is 0.0395 e. The van der Waals surface area contributed by atoms with Crippen LogP contribution < -0.4 is 0 Å². The van der Waals surface area contributed by atoms with Gasteiger partial charge in [0.05, 0.1) is 0 Å². The minimum atomic E-state index is 0.926. The van der Waals surface area contributed by atoms with Gasteiger partial charge in [0.25, 0.3) is 0 Å². The zero-order valence-corrected chi connectivity index (χ0v) is 7.44. The molecule has 1 aliphatic rings. The topological polar surface area (TPSA) is 0 Å². The SMILES string of the molecule is CC.CC1CSCS1. The van der Waals surface area contributed by atoms with E-state index < -0.39 is 0 Å². The Labute approximate surface area is 60.8 Å². The molecule has 2 heteroatoms. The predicted octanol–water partition coefficient (Wildman–Crippen LogP) is 2.84. The zero-order chi connectivity index (χ0) is 6.41. The second-order valence-corrected chi connectivity index (χ2v) is 4.29. The van der Waals surface area contributed by atoms with Gasteiger partial charge < -0.3 is 0 Å². The van der Waals surface area contributed by atoms with E-state index in [2.05, 4.69) is 18.7 Å². The fraction of sp³-hybridized carbons (Fsp3) is 1.00. The second-order valence-electron chi connectivity index (χ2n) is 1.47. The van der Waals surface area contributed by atoms with Crippen molar-refractivity contribution < 1.29 is 0 Å². The van der Waals surface area contributed by atoms with Gasteiger partial charge in [0.15, 0.2) is 0 Å². The molecular weight excluding hydrogens is 136 g/mol. The fourth-order valence-electron chi connectivity index (χ4n) is 0.426. The third-order valence-corrected chi connectivity index (χ3v) is 3.68. The molecule has 0 amide bonds. The fourth-order valence-corrected chi connectivity index (χ4v) is 3.13. The van der Waals surface area contributed by atoms with Gasteiger partial charge in [-0.15, -0.1) is 23.5 Å². The highest BCUT2D eigenvalue weighted by Gasteiger charge is 2.08. The van der Waals surface area contributed by atoms with Crippen molar-refractivity contribution in [1.82, 2.24) is 0 Å². The van der Waals surface area contributed by atoms with E-state index >= 15 is 0 Å². The highest BCUT2D eigenvalue weighted by Crippen LogP contribution is 2.28. The third kappa shape index (κ3) is 3.67. The van der Waals surface area contributed by atoms with Crippen LogP contribution in [0, 0.1) is 0 Å². The van der Waals surface area contributed by atoms with Crippen LogP contribution in [0.25, 0.3) is 0 Å². The van der Waals surface area contributed by atoms with Crippen molar-refractivity contribution in [2.24, 2.45) is 0 Å². The Morgan fingerprint density at radius 1 is 1.38 bits per heavy atom. The van der Waals surface area contributed by atoms with Crippen molar-refractivity contribution in [3.63, 3.8) is 0 Å². The van der Waals surface area contributed by atoms with Crippen LogP contribution in [0.4, 0.5) is 0 Å². The molecule has 1 unspecified atom stereocenters. The summed E-state index contributed by atoms with van der Waals surface area (Å²) in [6.07, 6.45) is 0. The lowest BCUT2D eigenvalue weighted by atomic mass is 10.6. The molecule has 50 valence electrons. The lowest BCUT2D eigenvalue weighted by Crippen LogP contribution is -1.88. The quantitative estimate of drug-likeness (QED) is 0.521. The van der Waals surface area contributed by atoms with E-state index in [1.54, 1.807) is 0 Å². The molecule has 1 aliphatic heterocycles. The molecular formula is C6H14S2. The Hall–Kier alpha value is 0.700. The molecule has 0 aromatic carbocycles. The van der Waals surface area contributed by atoms with E-state index in [1.807, 2.05) is 25.6 Å². The van der Waals surface area contributed by atoms with Crippen LogP contribution in [0.1, 0.15) is 20.8 Å². The average Bonchev–Trinajstić information content (AvgIpc) is 2.24. The second kappa shape index (κ2) is 5.83. The van der Waals surface area contributed by atoms with Gasteiger partial charge in [-0.1, -0.05) is 20.8 Å². The van der Waals surface area contributed by atoms with Crippen molar-refractivity contribution >= 4 is 23.5 Å². The molecule has 0 spiro atoms. The summed E-state index contributed by atoms with van der Waals surface area (Å²) in [7, 11) is 0. The number of thioether (sulfide) groups is 2. The monoisotopic (exact) mass is 150 g/mol. The Bertz CT molecular complexity index is 39.8. The molecule has 0 N–H and O–H groups in total. The van der Waals surface area contributed by atoms with Gasteiger partial charge in [-0.05, 0) is 0 Å². The van der Waals surface area contributed by atoms with Crippen LogP contribution in [0.2, 0.25) is 0 Å². The van der Waals surface area contributed by atoms with E-state index in [-0.39, 0.29) is 0 Å². The Morgan fingerprint density at radius 3 is 2.12 bits per heavy atom. The summed E-state index contributed by atoms with van der Waals surface area (Å²) >= 11 is 4.11. The molecule has 1 rings (SSSR count). The molecule has 0 saturated carbocycles. The molecule has 0 aromatic heterocycles. The molecule has 0 aromatic rings. The van der Waals surface area contributed by atoms with Gasteiger partial charge in [0.1, 0.15) is 0 Å². The Kier molecular flexibility index (Phi) is 6.34. The van der Waals surface area contributed by atoms with Crippen molar-refractivity contribution in [3.8, 4) is 0 Å². The lowest BCUT2D eigenvalue weighted by molar-refractivity contribution is 1.15. The van der Waals surface area contributed by atoms with E-state index in [1.165, 1.54) is 10.8 Å². The first-order chi connectivity index (χ1) is 3.89.